The van der Waals surface area contributed by atoms with E-state index in [0.717, 1.165) is 86.4 Å². The number of unbranched alkanes of at least 4 members (excludes halogenated alkanes) is 7. The lowest BCUT2D eigenvalue weighted by atomic mass is 9.47. The molecular formula is C48H80O2. The monoisotopic (exact) mass is 689 g/mol. The first-order valence-electron chi connectivity index (χ1n) is 21.9. The third kappa shape index (κ3) is 11.2. The lowest BCUT2D eigenvalue weighted by Gasteiger charge is -2.58. The molecule has 4 rings (SSSR count). The van der Waals surface area contributed by atoms with Gasteiger partial charge in [-0.1, -0.05) is 135 Å². The topological polar surface area (TPSA) is 26.3 Å². The number of carbonyl (C=O) groups excluding carboxylic acids is 1. The molecule has 0 aromatic rings. The van der Waals surface area contributed by atoms with E-state index in [9.17, 15) is 4.79 Å². The Labute approximate surface area is 310 Å². The molecular weight excluding hydrogens is 609 g/mol. The smallest absolute Gasteiger partial charge is 0.306 e. The van der Waals surface area contributed by atoms with Crippen LogP contribution in [0.25, 0.3) is 0 Å². The van der Waals surface area contributed by atoms with Gasteiger partial charge in [-0.3, -0.25) is 4.79 Å². The van der Waals surface area contributed by atoms with Crippen LogP contribution in [0.2, 0.25) is 0 Å². The minimum atomic E-state index is 0.0396. The van der Waals surface area contributed by atoms with Gasteiger partial charge in [-0.25, -0.2) is 0 Å². The molecule has 50 heavy (non-hydrogen) atoms. The Morgan fingerprint density at radius 1 is 0.800 bits per heavy atom. The second kappa shape index (κ2) is 20.6. The summed E-state index contributed by atoms with van der Waals surface area (Å²) in [6.45, 7) is 17.4. The molecule has 0 aliphatic heterocycles. The van der Waals surface area contributed by atoms with Crippen molar-refractivity contribution in [1.29, 1.82) is 0 Å². The van der Waals surface area contributed by atoms with Gasteiger partial charge >= 0.3 is 5.97 Å². The largest absolute Gasteiger partial charge is 0.462 e. The van der Waals surface area contributed by atoms with Crippen LogP contribution in [0.1, 0.15) is 190 Å². The van der Waals surface area contributed by atoms with Crippen molar-refractivity contribution >= 4 is 5.97 Å². The van der Waals surface area contributed by atoms with E-state index in [-0.39, 0.29) is 12.1 Å². The Kier molecular flexibility index (Phi) is 17.0. The number of allylic oxidation sites excluding steroid dienone is 7. The molecule has 0 aromatic heterocycles. The fourth-order valence-electron chi connectivity index (χ4n) is 11.2. The zero-order valence-electron chi connectivity index (χ0n) is 34.0. The Morgan fingerprint density at radius 3 is 2.18 bits per heavy atom. The highest BCUT2D eigenvalue weighted by atomic mass is 16.5. The molecule has 4 aliphatic carbocycles. The van der Waals surface area contributed by atoms with Crippen molar-refractivity contribution in [3.05, 3.63) is 48.1 Å². The van der Waals surface area contributed by atoms with Crippen molar-refractivity contribution in [3.63, 3.8) is 0 Å². The summed E-state index contributed by atoms with van der Waals surface area (Å²) in [6, 6.07) is 0. The zero-order chi connectivity index (χ0) is 36.0. The number of hydrogen-bond acceptors (Lipinski definition) is 2. The van der Waals surface area contributed by atoms with Crippen LogP contribution in [-0.4, -0.2) is 12.1 Å². The Bertz CT molecular complexity index is 1120. The molecule has 284 valence electrons. The summed E-state index contributed by atoms with van der Waals surface area (Å²) in [5.74, 6) is 6.03. The third-order valence-electron chi connectivity index (χ3n) is 14.9. The van der Waals surface area contributed by atoms with Crippen molar-refractivity contribution in [2.75, 3.05) is 0 Å². The summed E-state index contributed by atoms with van der Waals surface area (Å²) in [4.78, 5) is 12.8. The summed E-state index contributed by atoms with van der Waals surface area (Å²) in [5.41, 5.74) is 2.49. The Morgan fingerprint density at radius 2 is 1.48 bits per heavy atom. The molecule has 4 aliphatic rings. The molecule has 9 atom stereocenters. The molecule has 0 saturated heterocycles. The summed E-state index contributed by atoms with van der Waals surface area (Å²) in [6.07, 6.45) is 43.1. The average molecular weight is 689 g/mol. The molecule has 0 aromatic carbocycles. The summed E-state index contributed by atoms with van der Waals surface area (Å²) < 4.78 is 6.13. The van der Waals surface area contributed by atoms with Crippen LogP contribution in [0.5, 0.6) is 0 Å². The van der Waals surface area contributed by atoms with Crippen LogP contribution < -0.4 is 0 Å². The molecule has 0 spiro atoms. The minimum Gasteiger partial charge on any atom is -0.462 e. The number of ether oxygens (including phenoxy) is 1. The maximum absolute atomic E-state index is 12.8. The standard InChI is InChI=1S/C48H80O2/c1-8-9-10-11-12-13-14-15-16-17-18-19-20-21-22-23-24-25-46(49)50-41-32-34-47(6)40(36-41)28-29-42-44-31-30-43(48(44,7)35-33-45(42)47)39(5)27-26-38(4)37(2)3/h12-13,15-16,18-19,28,37-39,41-45H,8-11,14,17,20-27,29-36H2,1-7H3/b13-12-,16-15-,19-18-. The van der Waals surface area contributed by atoms with E-state index < -0.39 is 0 Å². The molecule has 0 amide bonds. The molecule has 0 bridgehead atoms. The average Bonchev–Trinajstić information content (AvgIpc) is 3.45. The molecule has 3 saturated carbocycles. The number of fused-ring (bicyclic) bond motifs is 5. The minimum absolute atomic E-state index is 0.0396. The van der Waals surface area contributed by atoms with Crippen molar-refractivity contribution < 1.29 is 9.53 Å². The zero-order valence-corrected chi connectivity index (χ0v) is 34.0. The first-order chi connectivity index (χ1) is 24.1. The van der Waals surface area contributed by atoms with Gasteiger partial charge in [0.15, 0.2) is 0 Å². The van der Waals surface area contributed by atoms with Crippen LogP contribution in [0, 0.1) is 52.3 Å². The first-order valence-corrected chi connectivity index (χ1v) is 21.9. The van der Waals surface area contributed by atoms with Crippen molar-refractivity contribution in [2.45, 2.75) is 196 Å². The van der Waals surface area contributed by atoms with Crippen LogP contribution in [-0.2, 0) is 9.53 Å². The summed E-state index contributed by atoms with van der Waals surface area (Å²) in [7, 11) is 0. The highest BCUT2D eigenvalue weighted by molar-refractivity contribution is 5.69. The fourth-order valence-corrected chi connectivity index (χ4v) is 11.2. The van der Waals surface area contributed by atoms with Gasteiger partial charge < -0.3 is 4.74 Å². The second-order valence-electron chi connectivity index (χ2n) is 18.5. The number of rotatable bonds is 21. The van der Waals surface area contributed by atoms with E-state index in [4.69, 9.17) is 4.74 Å². The fraction of sp³-hybridized carbons (Fsp3) is 0.812. The Balaban J connectivity index is 1.11. The SMILES string of the molecule is CCCCC/C=C\C/C=C\C/C=C\CCCCCCC(=O)OC1CCC2(C)C(=CCC3C2CCC2(C)C(C(C)CCC(C)C(C)C)CCC32)C1. The summed E-state index contributed by atoms with van der Waals surface area (Å²) in [5, 5.41) is 0. The molecule has 2 nitrogen and oxygen atoms in total. The van der Waals surface area contributed by atoms with E-state index in [1.54, 1.807) is 5.57 Å². The number of carbonyl (C=O) groups is 1. The van der Waals surface area contributed by atoms with Crippen molar-refractivity contribution in [3.8, 4) is 0 Å². The first kappa shape index (κ1) is 41.2. The lowest BCUT2D eigenvalue weighted by Crippen LogP contribution is -2.51. The van der Waals surface area contributed by atoms with Gasteiger partial charge in [0, 0.05) is 12.8 Å². The van der Waals surface area contributed by atoms with Gasteiger partial charge in [-0.05, 0) is 142 Å². The van der Waals surface area contributed by atoms with E-state index in [1.807, 2.05) is 0 Å². The van der Waals surface area contributed by atoms with Crippen LogP contribution in [0.15, 0.2) is 48.1 Å². The van der Waals surface area contributed by atoms with Gasteiger partial charge in [0.2, 0.25) is 0 Å². The maximum atomic E-state index is 12.8. The molecule has 3 fully saturated rings. The predicted molar refractivity (Wildman–Crippen MR) is 216 cm³/mol. The van der Waals surface area contributed by atoms with Crippen LogP contribution in [0.3, 0.4) is 0 Å². The molecule has 0 N–H and O–H groups in total. The highest BCUT2D eigenvalue weighted by Gasteiger charge is 2.59. The molecule has 0 radical (unpaired) electrons. The maximum Gasteiger partial charge on any atom is 0.306 e. The Hall–Kier alpha value is -1.57. The van der Waals surface area contributed by atoms with Gasteiger partial charge in [-0.2, -0.15) is 0 Å². The molecule has 0 heterocycles. The predicted octanol–water partition coefficient (Wildman–Crippen LogP) is 14.6. The van der Waals surface area contributed by atoms with Crippen molar-refractivity contribution in [2.24, 2.45) is 52.3 Å². The molecule has 2 heteroatoms. The molecule has 9 unspecified atom stereocenters. The van der Waals surface area contributed by atoms with Crippen LogP contribution >= 0.6 is 0 Å². The van der Waals surface area contributed by atoms with Crippen LogP contribution in [0.4, 0.5) is 0 Å². The quantitative estimate of drug-likeness (QED) is 0.0681. The van der Waals surface area contributed by atoms with Gasteiger partial charge in [0.05, 0.1) is 0 Å². The van der Waals surface area contributed by atoms with E-state index >= 15 is 0 Å². The van der Waals surface area contributed by atoms with Gasteiger partial charge in [0.25, 0.3) is 0 Å². The second-order valence-corrected chi connectivity index (χ2v) is 18.5. The summed E-state index contributed by atoms with van der Waals surface area (Å²) >= 11 is 0. The van der Waals surface area contributed by atoms with E-state index in [0.29, 0.717) is 17.3 Å². The lowest BCUT2D eigenvalue weighted by molar-refractivity contribution is -0.151. The third-order valence-corrected chi connectivity index (χ3v) is 14.9. The van der Waals surface area contributed by atoms with Gasteiger partial charge in [-0.15, -0.1) is 0 Å². The van der Waals surface area contributed by atoms with Crippen molar-refractivity contribution in [1.82, 2.24) is 0 Å². The van der Waals surface area contributed by atoms with Gasteiger partial charge in [0.1, 0.15) is 6.10 Å². The number of hydrogen-bond donors (Lipinski definition) is 0. The van der Waals surface area contributed by atoms with E-state index in [2.05, 4.69) is 91.0 Å². The normalized spacial score (nSPS) is 32.3. The van der Waals surface area contributed by atoms with E-state index in [1.165, 1.54) is 89.9 Å². The number of esters is 1. The highest BCUT2D eigenvalue weighted by Crippen LogP contribution is 2.67.